The van der Waals surface area contributed by atoms with Crippen LogP contribution < -0.4 is 5.32 Å². The molecule has 0 aromatic carbocycles. The maximum atomic E-state index is 11.9. The molecule has 0 unspecified atom stereocenters. The predicted octanol–water partition coefficient (Wildman–Crippen LogP) is 1.74. The summed E-state index contributed by atoms with van der Waals surface area (Å²) in [5.41, 5.74) is -0.699. The standard InChI is InChI=1S/C7H11F3N2/c1-5(4-11-3)12-6(2)7(8,9)10/h11H,1,4H2,2-3H3/b12-6+. The van der Waals surface area contributed by atoms with Gasteiger partial charge in [0.1, 0.15) is 5.71 Å². The number of nitrogens with zero attached hydrogens (tertiary/aromatic N) is 1. The third-order valence-corrected chi connectivity index (χ3v) is 1.12. The molecule has 1 N–H and O–H groups in total. The van der Waals surface area contributed by atoms with Crippen LogP contribution in [0.3, 0.4) is 0 Å². The van der Waals surface area contributed by atoms with E-state index in [-0.39, 0.29) is 12.2 Å². The van der Waals surface area contributed by atoms with Crippen molar-refractivity contribution in [3.63, 3.8) is 0 Å². The topological polar surface area (TPSA) is 24.4 Å². The van der Waals surface area contributed by atoms with Gasteiger partial charge in [0.2, 0.25) is 0 Å². The van der Waals surface area contributed by atoms with Gasteiger partial charge >= 0.3 is 6.18 Å². The molecular formula is C7H11F3N2. The lowest BCUT2D eigenvalue weighted by atomic mass is 10.4. The van der Waals surface area contributed by atoms with Gasteiger partial charge in [-0.25, -0.2) is 0 Å². The zero-order valence-corrected chi connectivity index (χ0v) is 7.00. The smallest absolute Gasteiger partial charge is 0.314 e. The van der Waals surface area contributed by atoms with Crippen molar-refractivity contribution < 1.29 is 13.2 Å². The van der Waals surface area contributed by atoms with E-state index in [9.17, 15) is 13.2 Å². The third-order valence-electron chi connectivity index (χ3n) is 1.12. The van der Waals surface area contributed by atoms with Crippen LogP contribution in [0.2, 0.25) is 0 Å². The molecule has 0 heterocycles. The van der Waals surface area contributed by atoms with Crippen LogP contribution in [-0.4, -0.2) is 25.5 Å². The third kappa shape index (κ3) is 4.12. The average Bonchev–Trinajstić information content (AvgIpc) is 1.85. The average molecular weight is 180 g/mol. The number of likely N-dealkylation sites (N-methyl/N-ethyl adjacent to an activating group) is 1. The lowest BCUT2D eigenvalue weighted by Gasteiger charge is -2.05. The fourth-order valence-electron chi connectivity index (χ4n) is 0.544. The Morgan fingerprint density at radius 1 is 1.50 bits per heavy atom. The second-order valence-electron chi connectivity index (χ2n) is 2.29. The van der Waals surface area contributed by atoms with E-state index >= 15 is 0 Å². The van der Waals surface area contributed by atoms with E-state index in [0.29, 0.717) is 0 Å². The van der Waals surface area contributed by atoms with Gasteiger partial charge in [0.25, 0.3) is 0 Å². The Labute approximate surface area is 69.2 Å². The fraction of sp³-hybridized carbons (Fsp3) is 0.571. The van der Waals surface area contributed by atoms with E-state index in [1.807, 2.05) is 0 Å². The molecule has 0 rings (SSSR count). The molecule has 0 aliphatic carbocycles. The lowest BCUT2D eigenvalue weighted by molar-refractivity contribution is -0.0592. The zero-order valence-electron chi connectivity index (χ0n) is 7.00. The maximum absolute atomic E-state index is 11.9. The van der Waals surface area contributed by atoms with Crippen molar-refractivity contribution in [3.8, 4) is 0 Å². The monoisotopic (exact) mass is 180 g/mol. The van der Waals surface area contributed by atoms with Crippen LogP contribution >= 0.6 is 0 Å². The number of aliphatic imine (C=N–C) groups is 1. The normalized spacial score (nSPS) is 13.2. The lowest BCUT2D eigenvalue weighted by Crippen LogP contribution is -2.20. The van der Waals surface area contributed by atoms with E-state index in [0.717, 1.165) is 6.92 Å². The van der Waals surface area contributed by atoms with Crippen molar-refractivity contribution >= 4 is 5.71 Å². The summed E-state index contributed by atoms with van der Waals surface area (Å²) in [5.74, 6) is 0. The Bertz CT molecular complexity index is 193. The summed E-state index contributed by atoms with van der Waals surface area (Å²) in [5, 5.41) is 2.65. The van der Waals surface area contributed by atoms with Gasteiger partial charge in [0, 0.05) is 12.2 Å². The fourth-order valence-corrected chi connectivity index (χ4v) is 0.544. The van der Waals surface area contributed by atoms with Gasteiger partial charge in [-0.1, -0.05) is 6.58 Å². The van der Waals surface area contributed by atoms with E-state index < -0.39 is 11.9 Å². The summed E-state index contributed by atoms with van der Waals surface area (Å²) >= 11 is 0. The van der Waals surface area contributed by atoms with E-state index in [1.54, 1.807) is 7.05 Å². The second-order valence-corrected chi connectivity index (χ2v) is 2.29. The van der Waals surface area contributed by atoms with Crippen molar-refractivity contribution in [2.24, 2.45) is 4.99 Å². The number of hydrogen-bond acceptors (Lipinski definition) is 2. The molecular weight excluding hydrogens is 169 g/mol. The van der Waals surface area contributed by atoms with Crippen molar-refractivity contribution in [3.05, 3.63) is 12.3 Å². The molecule has 0 aromatic rings. The zero-order chi connectivity index (χ0) is 9.78. The van der Waals surface area contributed by atoms with E-state index in [4.69, 9.17) is 0 Å². The SMILES string of the molecule is C=C(CNC)/N=C(\C)C(F)(F)F. The van der Waals surface area contributed by atoms with Crippen LogP contribution in [0, 0.1) is 0 Å². The quantitative estimate of drug-likeness (QED) is 0.657. The minimum atomic E-state index is -4.35. The Balaban J connectivity index is 4.26. The van der Waals surface area contributed by atoms with Crippen LogP contribution in [0.4, 0.5) is 13.2 Å². The molecule has 0 atom stereocenters. The van der Waals surface area contributed by atoms with Crippen LogP contribution in [0.15, 0.2) is 17.3 Å². The molecule has 5 heteroatoms. The molecule has 12 heavy (non-hydrogen) atoms. The molecule has 0 radical (unpaired) electrons. The molecule has 0 aliphatic rings. The van der Waals surface area contributed by atoms with Crippen LogP contribution in [0.1, 0.15) is 6.92 Å². The molecule has 70 valence electrons. The highest BCUT2D eigenvalue weighted by Crippen LogP contribution is 2.17. The second kappa shape index (κ2) is 4.25. The van der Waals surface area contributed by atoms with Gasteiger partial charge in [-0.2, -0.15) is 13.2 Å². The predicted molar refractivity (Wildman–Crippen MR) is 42.2 cm³/mol. The first-order chi connectivity index (χ1) is 5.38. The number of halogens is 3. The van der Waals surface area contributed by atoms with Crippen molar-refractivity contribution in [2.75, 3.05) is 13.6 Å². The van der Waals surface area contributed by atoms with Crippen LogP contribution in [0.25, 0.3) is 0 Å². The van der Waals surface area contributed by atoms with Crippen LogP contribution in [-0.2, 0) is 0 Å². The largest absolute Gasteiger partial charge is 0.429 e. The first-order valence-electron chi connectivity index (χ1n) is 3.32. The van der Waals surface area contributed by atoms with Crippen LogP contribution in [0.5, 0.6) is 0 Å². The summed E-state index contributed by atoms with van der Waals surface area (Å²) in [7, 11) is 1.61. The van der Waals surface area contributed by atoms with Crippen molar-refractivity contribution in [1.82, 2.24) is 5.32 Å². The molecule has 0 saturated heterocycles. The Kier molecular flexibility index (Phi) is 3.95. The highest BCUT2D eigenvalue weighted by molar-refractivity contribution is 5.88. The van der Waals surface area contributed by atoms with Gasteiger partial charge < -0.3 is 5.32 Å². The highest BCUT2D eigenvalue weighted by atomic mass is 19.4. The maximum Gasteiger partial charge on any atom is 0.429 e. The molecule has 0 amide bonds. The molecule has 0 aliphatic heterocycles. The minimum Gasteiger partial charge on any atom is -0.314 e. The number of rotatable bonds is 3. The molecule has 0 bridgehead atoms. The first kappa shape index (κ1) is 11.2. The summed E-state index contributed by atoms with van der Waals surface area (Å²) in [4.78, 5) is 3.27. The van der Waals surface area contributed by atoms with Gasteiger partial charge in [-0.15, -0.1) is 0 Å². The van der Waals surface area contributed by atoms with E-state index in [1.165, 1.54) is 0 Å². The first-order valence-corrected chi connectivity index (χ1v) is 3.32. The van der Waals surface area contributed by atoms with Gasteiger partial charge in [-0.05, 0) is 14.0 Å². The highest BCUT2D eigenvalue weighted by Gasteiger charge is 2.31. The number of nitrogens with one attached hydrogen (secondary N) is 1. The van der Waals surface area contributed by atoms with Gasteiger partial charge in [0.05, 0.1) is 0 Å². The van der Waals surface area contributed by atoms with Gasteiger partial charge in [0.15, 0.2) is 0 Å². The number of hydrogen-bond donors (Lipinski definition) is 1. The van der Waals surface area contributed by atoms with Gasteiger partial charge in [-0.3, -0.25) is 4.99 Å². The number of alkyl halides is 3. The van der Waals surface area contributed by atoms with E-state index in [2.05, 4.69) is 16.9 Å². The summed E-state index contributed by atoms with van der Waals surface area (Å²) in [6, 6.07) is 0. The minimum absolute atomic E-state index is 0.173. The molecule has 0 saturated carbocycles. The summed E-state index contributed by atoms with van der Waals surface area (Å²) < 4.78 is 35.6. The Hall–Kier alpha value is -0.840. The Morgan fingerprint density at radius 2 is 2.00 bits per heavy atom. The molecule has 2 nitrogen and oxygen atoms in total. The summed E-state index contributed by atoms with van der Waals surface area (Å²) in [6.45, 7) is 4.52. The van der Waals surface area contributed by atoms with Crippen molar-refractivity contribution in [1.29, 1.82) is 0 Å². The molecule has 0 spiro atoms. The summed E-state index contributed by atoms with van der Waals surface area (Å²) in [6.07, 6.45) is -4.35. The van der Waals surface area contributed by atoms with Crippen molar-refractivity contribution in [2.45, 2.75) is 13.1 Å². The molecule has 0 aromatic heterocycles. The Morgan fingerprint density at radius 3 is 2.33 bits per heavy atom. The molecule has 0 fully saturated rings.